The molecule has 3 heterocycles. The number of rotatable bonds is 13. The maximum Gasteiger partial charge on any atom is 0.419 e. The number of aliphatic hydroxyl groups excluding tert-OH is 1. The van der Waals surface area contributed by atoms with E-state index in [1.54, 1.807) is 41.2 Å². The Morgan fingerprint density at radius 1 is 0.963 bits per heavy atom. The van der Waals surface area contributed by atoms with E-state index in [0.717, 1.165) is 16.7 Å². The third kappa shape index (κ3) is 8.60. The zero-order chi connectivity index (χ0) is 38.5. The number of aromatic nitrogens is 2. The molecule has 13 heteroatoms. The molecule has 0 radical (unpaired) electrons. The number of carbonyl (C=O) groups excluding carboxylic acids is 2. The number of hydrogen-bond acceptors (Lipinski definition) is 10. The van der Waals surface area contributed by atoms with Crippen LogP contribution in [0.25, 0.3) is 0 Å². The molecule has 2 aliphatic heterocycles. The van der Waals surface area contributed by atoms with Gasteiger partial charge in [0.05, 0.1) is 32.6 Å². The summed E-state index contributed by atoms with van der Waals surface area (Å²) >= 11 is 0. The van der Waals surface area contributed by atoms with Gasteiger partial charge in [0.15, 0.2) is 0 Å². The van der Waals surface area contributed by atoms with Crippen LogP contribution in [0.1, 0.15) is 56.5 Å². The minimum Gasteiger partial charge on any atom is -0.497 e. The highest BCUT2D eigenvalue weighted by Gasteiger charge is 2.44. The van der Waals surface area contributed by atoms with Crippen molar-refractivity contribution in [2.45, 2.75) is 76.3 Å². The van der Waals surface area contributed by atoms with Gasteiger partial charge in [0.1, 0.15) is 47.5 Å². The van der Waals surface area contributed by atoms with Crippen molar-refractivity contribution < 1.29 is 38.4 Å². The minimum atomic E-state index is -1.09. The molecule has 2 aliphatic rings. The van der Waals surface area contributed by atoms with Crippen molar-refractivity contribution in [3.63, 3.8) is 0 Å². The van der Waals surface area contributed by atoms with E-state index >= 15 is 0 Å². The topological polar surface area (TPSA) is 146 Å². The van der Waals surface area contributed by atoms with E-state index in [-0.39, 0.29) is 19.1 Å². The smallest absolute Gasteiger partial charge is 0.419 e. The van der Waals surface area contributed by atoms with Crippen LogP contribution in [0.5, 0.6) is 11.5 Å². The van der Waals surface area contributed by atoms with Crippen LogP contribution in [0.3, 0.4) is 0 Å². The van der Waals surface area contributed by atoms with Gasteiger partial charge in [-0.1, -0.05) is 54.6 Å². The second-order valence-corrected chi connectivity index (χ2v) is 14.3. The molecule has 54 heavy (non-hydrogen) atoms. The van der Waals surface area contributed by atoms with Crippen molar-refractivity contribution >= 4 is 12.1 Å². The van der Waals surface area contributed by atoms with Crippen molar-refractivity contribution in [3.8, 4) is 11.5 Å². The predicted octanol–water partition coefficient (Wildman–Crippen LogP) is 5.56. The Morgan fingerprint density at radius 2 is 1.57 bits per heavy atom. The Kier molecular flexibility index (Phi) is 11.7. The fourth-order valence-electron chi connectivity index (χ4n) is 6.76. The van der Waals surface area contributed by atoms with Gasteiger partial charge in [0.2, 0.25) is 0 Å². The van der Waals surface area contributed by atoms with Crippen molar-refractivity contribution in [1.29, 1.82) is 0 Å². The van der Waals surface area contributed by atoms with Gasteiger partial charge in [-0.15, -0.1) is 0 Å². The van der Waals surface area contributed by atoms with Crippen molar-refractivity contribution in [3.05, 3.63) is 126 Å². The largest absolute Gasteiger partial charge is 0.497 e. The Hall–Kier alpha value is -5.21. The number of hydrogen-bond donors (Lipinski definition) is 3. The number of benzene rings is 3. The number of allylic oxidation sites excluding steroid dienone is 1. The van der Waals surface area contributed by atoms with Gasteiger partial charge < -0.3 is 34.1 Å². The molecule has 4 atom stereocenters. The summed E-state index contributed by atoms with van der Waals surface area (Å²) in [4.78, 5) is 31.6. The summed E-state index contributed by atoms with van der Waals surface area (Å²) in [5, 5.41) is 17.6. The Labute approximate surface area is 315 Å². The highest BCUT2D eigenvalue weighted by Crippen LogP contribution is 2.42. The van der Waals surface area contributed by atoms with E-state index in [4.69, 9.17) is 23.7 Å². The zero-order valence-electron chi connectivity index (χ0n) is 31.5. The summed E-state index contributed by atoms with van der Waals surface area (Å²) in [5.41, 5.74) is 2.27. The van der Waals surface area contributed by atoms with E-state index in [1.165, 1.54) is 15.8 Å². The third-order valence-corrected chi connectivity index (χ3v) is 9.40. The molecule has 13 nitrogen and oxygen atoms in total. The number of nitrogens with one attached hydrogen (secondary N) is 2. The molecule has 0 bridgehead atoms. The van der Waals surface area contributed by atoms with Gasteiger partial charge in [-0.2, -0.15) is 0 Å². The van der Waals surface area contributed by atoms with Crippen molar-refractivity contribution in [1.82, 2.24) is 25.1 Å². The predicted molar refractivity (Wildman–Crippen MR) is 201 cm³/mol. The molecule has 0 spiro atoms. The van der Waals surface area contributed by atoms with E-state index in [9.17, 15) is 14.7 Å². The number of amides is 2. The SMILES string of the molecule is COc1ccc(C(OC[C@H]2O[C@@H](N3C(=O)NC(NCCc4cn(C(=O)OC(C)(C)C)cn4)C=C3C)C[C@@H]2O)(c2ccccc2)c2ccc(OC)cc2)cc1. The molecule has 4 aromatic rings. The second-order valence-electron chi connectivity index (χ2n) is 14.3. The highest BCUT2D eigenvalue weighted by atomic mass is 16.6. The molecule has 1 saturated heterocycles. The van der Waals surface area contributed by atoms with Gasteiger partial charge in [-0.3, -0.25) is 10.2 Å². The number of ether oxygens (including phenoxy) is 5. The molecule has 0 saturated carbocycles. The van der Waals surface area contributed by atoms with Crippen LogP contribution in [-0.4, -0.2) is 89.3 Å². The van der Waals surface area contributed by atoms with Gasteiger partial charge in [0, 0.05) is 31.3 Å². The molecule has 3 N–H and O–H groups in total. The summed E-state index contributed by atoms with van der Waals surface area (Å²) in [6.45, 7) is 7.77. The molecule has 0 aliphatic carbocycles. The van der Waals surface area contributed by atoms with Crippen LogP contribution < -0.4 is 20.1 Å². The van der Waals surface area contributed by atoms with Crippen molar-refractivity contribution in [2.24, 2.45) is 0 Å². The van der Waals surface area contributed by atoms with E-state index in [1.807, 2.05) is 91.9 Å². The van der Waals surface area contributed by atoms with Crippen LogP contribution in [0, 0.1) is 0 Å². The van der Waals surface area contributed by atoms with Crippen LogP contribution in [0.4, 0.5) is 9.59 Å². The highest BCUT2D eigenvalue weighted by molar-refractivity contribution is 5.78. The number of urea groups is 1. The molecule has 2 amide bonds. The Bertz CT molecular complexity index is 1860. The molecular weight excluding hydrogens is 690 g/mol. The Morgan fingerprint density at radius 3 is 2.15 bits per heavy atom. The lowest BCUT2D eigenvalue weighted by atomic mass is 9.80. The Balaban J connectivity index is 1.14. The fourth-order valence-corrected chi connectivity index (χ4v) is 6.76. The summed E-state index contributed by atoms with van der Waals surface area (Å²) in [5.74, 6) is 1.42. The van der Waals surface area contributed by atoms with Crippen LogP contribution in [0.2, 0.25) is 0 Å². The van der Waals surface area contributed by atoms with E-state index < -0.39 is 41.9 Å². The average Bonchev–Trinajstić information content (AvgIpc) is 3.78. The molecule has 1 fully saturated rings. The third-order valence-electron chi connectivity index (χ3n) is 9.40. The van der Waals surface area contributed by atoms with Crippen LogP contribution >= 0.6 is 0 Å². The first-order valence-electron chi connectivity index (χ1n) is 18.0. The van der Waals surface area contributed by atoms with E-state index in [0.29, 0.717) is 35.9 Å². The summed E-state index contributed by atoms with van der Waals surface area (Å²) in [6.07, 6.45) is 2.42. The summed E-state index contributed by atoms with van der Waals surface area (Å²) < 4.78 is 31.0. The standard InChI is InChI=1S/C41H49N5O8/c1-27-22-36(42-21-20-31-24-45(26-43-31)39(49)54-40(2,3)4)44-38(48)46(27)37-23-34(47)35(53-37)25-52-41(28-10-8-7-9-11-28,29-12-16-32(50-5)17-13-29)30-14-18-33(51-6)19-15-30/h7-19,22,24,26,34-37,42,47H,20-21,23,25H2,1-6H3,(H,44,48)/t34-,35+,36?,37+/m0/s1. The maximum absolute atomic E-state index is 13.5. The molecule has 286 valence electrons. The summed E-state index contributed by atoms with van der Waals surface area (Å²) in [6, 6.07) is 25.0. The maximum atomic E-state index is 13.5. The quantitative estimate of drug-likeness (QED) is 0.149. The van der Waals surface area contributed by atoms with E-state index in [2.05, 4.69) is 15.6 Å². The minimum absolute atomic E-state index is 0.0245. The molecule has 3 aromatic carbocycles. The van der Waals surface area contributed by atoms with Crippen LogP contribution in [0.15, 0.2) is 103 Å². The lowest BCUT2D eigenvalue weighted by molar-refractivity contribution is -0.0991. The number of aliphatic hydroxyl groups is 1. The van der Waals surface area contributed by atoms with Crippen LogP contribution in [-0.2, 0) is 26.2 Å². The first kappa shape index (κ1) is 38.5. The number of methoxy groups -OCH3 is 2. The van der Waals surface area contributed by atoms with Gasteiger partial charge in [-0.25, -0.2) is 19.1 Å². The monoisotopic (exact) mass is 739 g/mol. The lowest BCUT2D eigenvalue weighted by Crippen LogP contribution is -2.56. The number of imidazole rings is 1. The number of nitrogens with zero attached hydrogens (tertiary/aromatic N) is 3. The average molecular weight is 740 g/mol. The molecule has 1 aromatic heterocycles. The zero-order valence-corrected chi connectivity index (χ0v) is 31.5. The molecular formula is C41H49N5O8. The lowest BCUT2D eigenvalue weighted by Gasteiger charge is -2.37. The normalized spacial score (nSPS) is 20.3. The molecule has 1 unspecified atom stereocenters. The summed E-state index contributed by atoms with van der Waals surface area (Å²) in [7, 11) is 3.25. The van der Waals surface area contributed by atoms with Gasteiger partial charge in [-0.05, 0) is 74.7 Å². The van der Waals surface area contributed by atoms with Gasteiger partial charge >= 0.3 is 12.1 Å². The van der Waals surface area contributed by atoms with Gasteiger partial charge in [0.25, 0.3) is 0 Å². The second kappa shape index (κ2) is 16.4. The first-order chi connectivity index (χ1) is 25.9. The molecule has 6 rings (SSSR count). The fraction of sp³-hybridized carbons (Fsp3) is 0.390. The first-order valence-corrected chi connectivity index (χ1v) is 18.0. The van der Waals surface area contributed by atoms with Crippen molar-refractivity contribution in [2.75, 3.05) is 27.4 Å². The number of carbonyl (C=O) groups is 2.